The highest BCUT2D eigenvalue weighted by Crippen LogP contribution is 2.32. The minimum atomic E-state index is -0.180. The predicted octanol–water partition coefficient (Wildman–Crippen LogP) is 5.09. The number of carbonyl (C=O) groups excluding carboxylic acids is 2. The summed E-state index contributed by atoms with van der Waals surface area (Å²) in [6.07, 6.45) is 10.2. The van der Waals surface area contributed by atoms with E-state index in [1.165, 1.54) is 0 Å². The van der Waals surface area contributed by atoms with E-state index in [0.29, 0.717) is 23.4 Å². The van der Waals surface area contributed by atoms with E-state index >= 15 is 0 Å². The number of aromatic amines is 1. The maximum Gasteiger partial charge on any atom is 0.274 e. The van der Waals surface area contributed by atoms with Crippen LogP contribution in [0.2, 0.25) is 0 Å². The lowest BCUT2D eigenvalue weighted by atomic mass is 10.0. The third kappa shape index (κ3) is 4.23. The number of hydrogen-bond acceptors (Lipinski definition) is 5. The lowest BCUT2D eigenvalue weighted by Gasteiger charge is -2.16. The summed E-state index contributed by atoms with van der Waals surface area (Å²) in [7, 11) is 1.72. The van der Waals surface area contributed by atoms with Crippen LogP contribution in [0.4, 0.5) is 11.4 Å². The zero-order chi connectivity index (χ0) is 25.4. The van der Waals surface area contributed by atoms with Crippen LogP contribution in [-0.4, -0.2) is 45.3 Å². The molecule has 0 atom stereocenters. The Balaban J connectivity index is 1.31. The highest BCUT2D eigenvalue weighted by atomic mass is 16.2. The summed E-state index contributed by atoms with van der Waals surface area (Å²) in [6, 6.07) is 17.5. The number of nitrogens with one attached hydrogen (secondary N) is 1. The molecule has 1 fully saturated rings. The van der Waals surface area contributed by atoms with Crippen molar-refractivity contribution in [2.45, 2.75) is 12.8 Å². The van der Waals surface area contributed by atoms with Crippen molar-refractivity contribution in [1.29, 1.82) is 0 Å². The van der Waals surface area contributed by atoms with Crippen molar-refractivity contribution in [2.75, 3.05) is 23.4 Å². The molecule has 1 aliphatic heterocycles. The van der Waals surface area contributed by atoms with E-state index in [9.17, 15) is 9.59 Å². The van der Waals surface area contributed by atoms with Crippen molar-refractivity contribution in [1.82, 2.24) is 19.9 Å². The standard InChI is InChI=1S/C29H24N6O2/c1-34(23-4-2-11-30-18-23)29(37)26-15-25-24(10-12-32-28(25)33-26)21-14-20(16-31-17-21)19-6-8-22(9-7-19)35-13-3-5-27(35)36/h2,4,6-12,14-18H,3,5,13H2,1H3,(H,32,33). The largest absolute Gasteiger partial charge is 0.335 e. The van der Waals surface area contributed by atoms with Crippen LogP contribution < -0.4 is 9.80 Å². The Bertz CT molecular complexity index is 1610. The summed E-state index contributed by atoms with van der Waals surface area (Å²) < 4.78 is 0. The predicted molar refractivity (Wildman–Crippen MR) is 143 cm³/mol. The SMILES string of the molecule is CN(C(=O)c1cc2c(-c3cncc(-c4ccc(N5CCCC5=O)cc4)c3)ccnc2[nH]1)c1cccnc1. The van der Waals surface area contributed by atoms with E-state index in [-0.39, 0.29) is 11.8 Å². The van der Waals surface area contributed by atoms with Crippen molar-refractivity contribution in [2.24, 2.45) is 0 Å². The minimum absolute atomic E-state index is 0.175. The number of nitrogens with zero attached hydrogens (tertiary/aromatic N) is 5. The van der Waals surface area contributed by atoms with Crippen LogP contribution in [0, 0.1) is 0 Å². The number of rotatable bonds is 5. The van der Waals surface area contributed by atoms with Gasteiger partial charge in [-0.3, -0.25) is 19.6 Å². The fourth-order valence-corrected chi connectivity index (χ4v) is 4.74. The fourth-order valence-electron chi connectivity index (χ4n) is 4.74. The average molecular weight is 489 g/mol. The van der Waals surface area contributed by atoms with E-state index < -0.39 is 0 Å². The van der Waals surface area contributed by atoms with Crippen LogP contribution in [0.3, 0.4) is 0 Å². The molecule has 182 valence electrons. The van der Waals surface area contributed by atoms with E-state index in [0.717, 1.165) is 46.3 Å². The lowest BCUT2D eigenvalue weighted by Crippen LogP contribution is -2.26. The summed E-state index contributed by atoms with van der Waals surface area (Å²) in [6.45, 7) is 0.770. The highest BCUT2D eigenvalue weighted by Gasteiger charge is 2.22. The van der Waals surface area contributed by atoms with Crippen molar-refractivity contribution in [3.8, 4) is 22.3 Å². The molecule has 1 aromatic carbocycles. The van der Waals surface area contributed by atoms with Gasteiger partial charge in [-0.05, 0) is 60.0 Å². The molecule has 1 aliphatic rings. The molecule has 4 aromatic heterocycles. The monoisotopic (exact) mass is 488 g/mol. The zero-order valence-corrected chi connectivity index (χ0v) is 20.3. The molecule has 8 nitrogen and oxygen atoms in total. The number of anilines is 2. The number of benzene rings is 1. The molecule has 2 amide bonds. The van der Waals surface area contributed by atoms with E-state index in [1.807, 2.05) is 59.8 Å². The molecule has 5 heterocycles. The van der Waals surface area contributed by atoms with E-state index in [4.69, 9.17) is 0 Å². The molecule has 37 heavy (non-hydrogen) atoms. The first kappa shape index (κ1) is 22.6. The van der Waals surface area contributed by atoms with Crippen molar-refractivity contribution in [3.63, 3.8) is 0 Å². The molecular formula is C29H24N6O2. The molecule has 0 unspecified atom stereocenters. The molecule has 0 aliphatic carbocycles. The van der Waals surface area contributed by atoms with E-state index in [2.05, 4.69) is 26.0 Å². The second-order valence-corrected chi connectivity index (χ2v) is 9.04. The molecule has 1 N–H and O–H groups in total. The average Bonchev–Trinajstić information content (AvgIpc) is 3.59. The van der Waals surface area contributed by atoms with Crippen molar-refractivity contribution in [3.05, 3.63) is 91.3 Å². The Morgan fingerprint density at radius 3 is 2.54 bits per heavy atom. The molecular weight excluding hydrogens is 464 g/mol. The summed E-state index contributed by atoms with van der Waals surface area (Å²) in [4.78, 5) is 44.8. The number of fused-ring (bicyclic) bond motifs is 1. The summed E-state index contributed by atoms with van der Waals surface area (Å²) in [5.74, 6) is -0.00509. The second kappa shape index (κ2) is 9.31. The first-order valence-corrected chi connectivity index (χ1v) is 12.1. The Labute approximate surface area is 213 Å². The van der Waals surface area contributed by atoms with Gasteiger partial charge in [-0.15, -0.1) is 0 Å². The van der Waals surface area contributed by atoms with Gasteiger partial charge in [0.2, 0.25) is 5.91 Å². The van der Waals surface area contributed by atoms with Gasteiger partial charge in [0, 0.05) is 67.0 Å². The quantitative estimate of drug-likeness (QED) is 0.372. The molecule has 5 aromatic rings. The van der Waals surface area contributed by atoms with Crippen molar-refractivity contribution < 1.29 is 9.59 Å². The van der Waals surface area contributed by atoms with Gasteiger partial charge in [-0.25, -0.2) is 4.98 Å². The molecule has 0 spiro atoms. The van der Waals surface area contributed by atoms with Gasteiger partial charge in [0.1, 0.15) is 11.3 Å². The molecule has 0 radical (unpaired) electrons. The zero-order valence-electron chi connectivity index (χ0n) is 20.3. The van der Waals surface area contributed by atoms with Crippen LogP contribution >= 0.6 is 0 Å². The van der Waals surface area contributed by atoms with Crippen LogP contribution in [-0.2, 0) is 4.79 Å². The van der Waals surface area contributed by atoms with Crippen molar-refractivity contribution >= 4 is 34.2 Å². The summed E-state index contributed by atoms with van der Waals surface area (Å²) in [5, 5.41) is 0.840. The number of pyridine rings is 3. The molecule has 6 rings (SSSR count). The lowest BCUT2D eigenvalue weighted by molar-refractivity contribution is -0.117. The third-order valence-corrected chi connectivity index (χ3v) is 6.74. The highest BCUT2D eigenvalue weighted by molar-refractivity contribution is 6.08. The van der Waals surface area contributed by atoms with Gasteiger partial charge in [0.15, 0.2) is 0 Å². The molecule has 0 bridgehead atoms. The van der Waals surface area contributed by atoms with Gasteiger partial charge in [0.25, 0.3) is 5.91 Å². The Kier molecular flexibility index (Phi) is 5.69. The van der Waals surface area contributed by atoms with Gasteiger partial charge in [0.05, 0.1) is 11.9 Å². The third-order valence-electron chi connectivity index (χ3n) is 6.74. The fraction of sp³-hybridized carbons (Fsp3) is 0.138. The number of hydrogen-bond donors (Lipinski definition) is 1. The number of aromatic nitrogens is 4. The maximum atomic E-state index is 13.1. The minimum Gasteiger partial charge on any atom is -0.335 e. The van der Waals surface area contributed by atoms with Crippen LogP contribution in [0.1, 0.15) is 23.3 Å². The molecule has 1 saturated heterocycles. The number of amides is 2. The van der Waals surface area contributed by atoms with Crippen LogP contribution in [0.25, 0.3) is 33.3 Å². The summed E-state index contributed by atoms with van der Waals surface area (Å²) in [5.41, 5.74) is 6.52. The Morgan fingerprint density at radius 1 is 0.946 bits per heavy atom. The smallest absolute Gasteiger partial charge is 0.274 e. The van der Waals surface area contributed by atoms with Gasteiger partial charge < -0.3 is 14.8 Å². The normalized spacial score (nSPS) is 13.3. The number of carbonyl (C=O) groups is 2. The van der Waals surface area contributed by atoms with Gasteiger partial charge in [-0.2, -0.15) is 0 Å². The molecule has 8 heteroatoms. The molecule has 0 saturated carbocycles. The summed E-state index contributed by atoms with van der Waals surface area (Å²) >= 11 is 0. The van der Waals surface area contributed by atoms with Gasteiger partial charge in [-0.1, -0.05) is 12.1 Å². The van der Waals surface area contributed by atoms with Crippen LogP contribution in [0.15, 0.2) is 85.6 Å². The second-order valence-electron chi connectivity index (χ2n) is 9.04. The topological polar surface area (TPSA) is 95.1 Å². The van der Waals surface area contributed by atoms with Gasteiger partial charge >= 0.3 is 0 Å². The Hall–Kier alpha value is -4.85. The van der Waals surface area contributed by atoms with E-state index in [1.54, 1.807) is 36.6 Å². The first-order valence-electron chi connectivity index (χ1n) is 12.1. The Morgan fingerprint density at radius 2 is 1.78 bits per heavy atom. The van der Waals surface area contributed by atoms with Crippen LogP contribution in [0.5, 0.6) is 0 Å². The number of H-pyrrole nitrogens is 1. The first-order chi connectivity index (χ1) is 18.1. The maximum absolute atomic E-state index is 13.1.